The summed E-state index contributed by atoms with van der Waals surface area (Å²) in [5.41, 5.74) is 9.39. The average molecular weight is 369 g/mol. The van der Waals surface area contributed by atoms with Gasteiger partial charge in [0, 0.05) is 20.7 Å². The summed E-state index contributed by atoms with van der Waals surface area (Å²) in [6.07, 6.45) is 0. The van der Waals surface area contributed by atoms with Gasteiger partial charge in [-0.25, -0.2) is 4.79 Å². The number of anilines is 1. The van der Waals surface area contributed by atoms with Crippen LogP contribution in [0.2, 0.25) is 5.02 Å². The first-order valence-corrected chi connectivity index (χ1v) is 7.53. The summed E-state index contributed by atoms with van der Waals surface area (Å²) in [6, 6.07) is 9.07. The minimum atomic E-state index is -0.419. The second-order valence-corrected chi connectivity index (χ2v) is 6.16. The number of nitrogen functional groups attached to an aromatic ring is 1. The number of benzene rings is 2. The van der Waals surface area contributed by atoms with E-state index in [1.54, 1.807) is 19.1 Å². The van der Waals surface area contributed by atoms with Gasteiger partial charge >= 0.3 is 5.97 Å². The van der Waals surface area contributed by atoms with Crippen LogP contribution in [0, 0.1) is 13.8 Å². The average Bonchev–Trinajstić information content (AvgIpc) is 2.41. The molecule has 0 amide bonds. The van der Waals surface area contributed by atoms with E-state index in [1.807, 2.05) is 25.1 Å². The molecule has 0 radical (unpaired) electrons. The molecule has 0 unspecified atom stereocenters. The molecule has 3 nitrogen and oxygen atoms in total. The molecule has 0 saturated heterocycles. The topological polar surface area (TPSA) is 52.3 Å². The van der Waals surface area contributed by atoms with Gasteiger partial charge in [0.2, 0.25) is 0 Å². The van der Waals surface area contributed by atoms with Crippen molar-refractivity contribution in [2.75, 3.05) is 5.73 Å². The van der Waals surface area contributed by atoms with E-state index in [9.17, 15) is 4.79 Å². The molecule has 0 spiro atoms. The minimum absolute atomic E-state index is 0.129. The third-order valence-electron chi connectivity index (χ3n) is 3.20. The van der Waals surface area contributed by atoms with Gasteiger partial charge in [-0.1, -0.05) is 39.7 Å². The van der Waals surface area contributed by atoms with E-state index in [0.29, 0.717) is 21.8 Å². The fourth-order valence-electron chi connectivity index (χ4n) is 1.90. The third kappa shape index (κ3) is 3.77. The number of carbonyl (C=O) groups is 1. The van der Waals surface area contributed by atoms with Crippen LogP contribution >= 0.6 is 27.5 Å². The summed E-state index contributed by atoms with van der Waals surface area (Å²) in [5.74, 6) is -0.419. The van der Waals surface area contributed by atoms with Gasteiger partial charge in [-0.05, 0) is 43.2 Å². The standard InChI is InChI=1S/C16H15BrClNO2/c1-9-3-4-11(14(18)5-9)8-21-16(20)13-6-12(17)7-15(19)10(13)2/h3-7H,8,19H2,1-2H3. The van der Waals surface area contributed by atoms with E-state index < -0.39 is 5.97 Å². The number of esters is 1. The molecule has 2 rings (SSSR count). The van der Waals surface area contributed by atoms with E-state index >= 15 is 0 Å². The van der Waals surface area contributed by atoms with Crippen LogP contribution in [0.25, 0.3) is 0 Å². The Balaban J connectivity index is 2.15. The summed E-state index contributed by atoms with van der Waals surface area (Å²) in [4.78, 5) is 12.2. The molecular formula is C16H15BrClNO2. The van der Waals surface area contributed by atoms with Crippen LogP contribution < -0.4 is 5.73 Å². The second-order valence-electron chi connectivity index (χ2n) is 4.84. The Morgan fingerprint density at radius 2 is 2.00 bits per heavy atom. The van der Waals surface area contributed by atoms with Crippen molar-refractivity contribution in [3.63, 3.8) is 0 Å². The minimum Gasteiger partial charge on any atom is -0.457 e. The molecule has 0 aromatic heterocycles. The zero-order valence-corrected chi connectivity index (χ0v) is 14.1. The van der Waals surface area contributed by atoms with Gasteiger partial charge in [0.15, 0.2) is 0 Å². The van der Waals surface area contributed by atoms with E-state index in [4.69, 9.17) is 22.1 Å². The number of carbonyl (C=O) groups excluding carboxylic acids is 1. The van der Waals surface area contributed by atoms with Crippen LogP contribution in [0.5, 0.6) is 0 Å². The summed E-state index contributed by atoms with van der Waals surface area (Å²) in [7, 11) is 0. The van der Waals surface area contributed by atoms with Gasteiger partial charge in [0.05, 0.1) is 5.56 Å². The number of aryl methyl sites for hydroxylation is 1. The predicted molar refractivity (Wildman–Crippen MR) is 88.6 cm³/mol. The van der Waals surface area contributed by atoms with Crippen LogP contribution in [-0.2, 0) is 11.3 Å². The van der Waals surface area contributed by atoms with E-state index in [2.05, 4.69) is 15.9 Å². The summed E-state index contributed by atoms with van der Waals surface area (Å²) >= 11 is 9.44. The van der Waals surface area contributed by atoms with E-state index in [1.165, 1.54) is 0 Å². The Morgan fingerprint density at radius 3 is 2.67 bits per heavy atom. The highest BCUT2D eigenvalue weighted by molar-refractivity contribution is 9.10. The highest BCUT2D eigenvalue weighted by Gasteiger charge is 2.14. The Labute approximate surface area is 137 Å². The van der Waals surface area contributed by atoms with Gasteiger partial charge in [-0.3, -0.25) is 0 Å². The van der Waals surface area contributed by atoms with Crippen molar-refractivity contribution < 1.29 is 9.53 Å². The lowest BCUT2D eigenvalue weighted by molar-refractivity contribution is 0.0472. The van der Waals surface area contributed by atoms with Crippen LogP contribution in [0.1, 0.15) is 27.0 Å². The fraction of sp³-hybridized carbons (Fsp3) is 0.188. The Kier molecular flexibility index (Phi) is 4.91. The summed E-state index contributed by atoms with van der Waals surface area (Å²) in [5, 5.41) is 0.591. The Hall–Kier alpha value is -1.52. The maximum Gasteiger partial charge on any atom is 0.338 e. The molecule has 0 aliphatic heterocycles. The zero-order valence-electron chi connectivity index (χ0n) is 11.7. The van der Waals surface area contributed by atoms with Crippen molar-refractivity contribution in [1.29, 1.82) is 0 Å². The number of hydrogen-bond donors (Lipinski definition) is 1. The molecule has 5 heteroatoms. The normalized spacial score (nSPS) is 10.5. The van der Waals surface area contributed by atoms with Crippen molar-refractivity contribution >= 4 is 39.2 Å². The third-order valence-corrected chi connectivity index (χ3v) is 4.01. The molecule has 0 atom stereocenters. The van der Waals surface area contributed by atoms with Gasteiger partial charge < -0.3 is 10.5 Å². The summed E-state index contributed by atoms with van der Waals surface area (Å²) < 4.78 is 6.07. The van der Waals surface area contributed by atoms with Crippen LogP contribution in [-0.4, -0.2) is 5.97 Å². The quantitative estimate of drug-likeness (QED) is 0.633. The molecule has 2 N–H and O–H groups in total. The molecule has 0 saturated carbocycles. The van der Waals surface area contributed by atoms with Crippen molar-refractivity contribution in [3.8, 4) is 0 Å². The first kappa shape index (κ1) is 15.9. The van der Waals surface area contributed by atoms with Crippen LogP contribution in [0.4, 0.5) is 5.69 Å². The van der Waals surface area contributed by atoms with Crippen LogP contribution in [0.15, 0.2) is 34.8 Å². The molecule has 2 aromatic carbocycles. The van der Waals surface area contributed by atoms with Gasteiger partial charge in [0.25, 0.3) is 0 Å². The van der Waals surface area contributed by atoms with Crippen molar-refractivity contribution in [3.05, 3.63) is 62.1 Å². The number of halogens is 2. The molecule has 0 aliphatic rings. The molecule has 2 aromatic rings. The highest BCUT2D eigenvalue weighted by Crippen LogP contribution is 2.24. The van der Waals surface area contributed by atoms with Gasteiger partial charge in [-0.15, -0.1) is 0 Å². The molecule has 110 valence electrons. The number of nitrogens with two attached hydrogens (primary N) is 1. The molecule has 0 fully saturated rings. The zero-order chi connectivity index (χ0) is 15.6. The van der Waals surface area contributed by atoms with Crippen molar-refractivity contribution in [1.82, 2.24) is 0 Å². The highest BCUT2D eigenvalue weighted by atomic mass is 79.9. The largest absolute Gasteiger partial charge is 0.457 e. The van der Waals surface area contributed by atoms with E-state index in [0.717, 1.165) is 15.6 Å². The van der Waals surface area contributed by atoms with Crippen LogP contribution in [0.3, 0.4) is 0 Å². The SMILES string of the molecule is Cc1ccc(COC(=O)c2cc(Br)cc(N)c2C)c(Cl)c1. The smallest absolute Gasteiger partial charge is 0.338 e. The molecule has 0 bridgehead atoms. The summed E-state index contributed by atoms with van der Waals surface area (Å²) in [6.45, 7) is 3.87. The maximum atomic E-state index is 12.2. The van der Waals surface area contributed by atoms with Gasteiger partial charge in [0.1, 0.15) is 6.61 Å². The number of rotatable bonds is 3. The Morgan fingerprint density at radius 1 is 1.29 bits per heavy atom. The first-order valence-electron chi connectivity index (χ1n) is 6.36. The first-order chi connectivity index (χ1) is 9.88. The molecular weight excluding hydrogens is 354 g/mol. The van der Waals surface area contributed by atoms with Crippen molar-refractivity contribution in [2.45, 2.75) is 20.5 Å². The van der Waals surface area contributed by atoms with Gasteiger partial charge in [-0.2, -0.15) is 0 Å². The lowest BCUT2D eigenvalue weighted by Crippen LogP contribution is -2.09. The molecule has 0 aliphatic carbocycles. The Bertz CT molecular complexity index is 701. The molecule has 21 heavy (non-hydrogen) atoms. The van der Waals surface area contributed by atoms with E-state index in [-0.39, 0.29) is 6.61 Å². The number of hydrogen-bond acceptors (Lipinski definition) is 3. The maximum absolute atomic E-state index is 12.2. The fourth-order valence-corrected chi connectivity index (χ4v) is 2.67. The molecule has 0 heterocycles. The monoisotopic (exact) mass is 367 g/mol. The lowest BCUT2D eigenvalue weighted by Gasteiger charge is -2.11. The van der Waals surface area contributed by atoms with Crippen molar-refractivity contribution in [2.24, 2.45) is 0 Å². The lowest BCUT2D eigenvalue weighted by atomic mass is 10.1. The predicted octanol–water partition coefficient (Wildman–Crippen LogP) is 4.66. The second kappa shape index (κ2) is 6.50. The number of ether oxygens (including phenoxy) is 1.